The Labute approximate surface area is 119 Å². The normalized spacial score (nSPS) is 10.3. The second-order valence-electron chi connectivity index (χ2n) is 3.80. The summed E-state index contributed by atoms with van der Waals surface area (Å²) < 4.78 is 1.06. The second-order valence-corrected chi connectivity index (χ2v) is 5.05. The first-order valence-corrected chi connectivity index (χ1v) is 6.71. The van der Waals surface area contributed by atoms with Crippen LogP contribution in [0.2, 0.25) is 0 Å². The van der Waals surface area contributed by atoms with Crippen molar-refractivity contribution in [1.82, 2.24) is 20.5 Å². The Morgan fingerprint density at radius 2 is 2.33 bits per heavy atom. The van der Waals surface area contributed by atoms with Gasteiger partial charge in [0, 0.05) is 22.1 Å². The monoisotopic (exact) mass is 356 g/mol. The molecule has 1 aromatic carbocycles. The van der Waals surface area contributed by atoms with Crippen LogP contribution in [0.3, 0.4) is 0 Å². The number of H-pyrrole nitrogens is 1. The van der Waals surface area contributed by atoms with E-state index in [2.05, 4.69) is 43.1 Å². The summed E-state index contributed by atoms with van der Waals surface area (Å²) in [5.41, 5.74) is 0.696. The zero-order chi connectivity index (χ0) is 12.8. The van der Waals surface area contributed by atoms with Crippen LogP contribution in [-0.2, 0) is 6.42 Å². The fraction of sp³-hybridized carbons (Fsp3) is 0.250. The number of hydrogen-bond donors (Lipinski definition) is 2. The quantitative estimate of drug-likeness (QED) is 0.634. The molecule has 2 rings (SSSR count). The molecule has 2 aromatic rings. The topological polar surface area (TPSA) is 70.7 Å². The largest absolute Gasteiger partial charge is 0.352 e. The maximum absolute atomic E-state index is 11.8. The lowest BCUT2D eigenvalue weighted by Gasteiger charge is -2.04. The van der Waals surface area contributed by atoms with Crippen LogP contribution in [0.5, 0.6) is 0 Å². The average Bonchev–Trinajstić information content (AvgIpc) is 2.87. The number of aryl methyl sites for hydroxylation is 1. The third-order valence-electron chi connectivity index (χ3n) is 2.43. The lowest BCUT2D eigenvalue weighted by molar-refractivity contribution is 0.0953. The van der Waals surface area contributed by atoms with Gasteiger partial charge in [-0.1, -0.05) is 6.07 Å². The highest BCUT2D eigenvalue weighted by Crippen LogP contribution is 2.07. The van der Waals surface area contributed by atoms with Crippen LogP contribution in [0.15, 0.2) is 30.6 Å². The van der Waals surface area contributed by atoms with E-state index in [0.717, 1.165) is 22.2 Å². The van der Waals surface area contributed by atoms with Crippen molar-refractivity contribution in [3.8, 4) is 0 Å². The van der Waals surface area contributed by atoms with Crippen molar-refractivity contribution < 1.29 is 4.79 Å². The number of rotatable bonds is 5. The number of aromatic nitrogens is 3. The van der Waals surface area contributed by atoms with E-state index in [9.17, 15) is 4.79 Å². The summed E-state index contributed by atoms with van der Waals surface area (Å²) >= 11 is 2.19. The third-order valence-corrected chi connectivity index (χ3v) is 3.10. The van der Waals surface area contributed by atoms with Crippen molar-refractivity contribution >= 4 is 28.5 Å². The van der Waals surface area contributed by atoms with Gasteiger partial charge in [0.05, 0.1) is 0 Å². The maximum Gasteiger partial charge on any atom is 0.251 e. The Morgan fingerprint density at radius 1 is 1.44 bits per heavy atom. The van der Waals surface area contributed by atoms with Gasteiger partial charge in [0.25, 0.3) is 5.91 Å². The molecule has 0 aliphatic carbocycles. The van der Waals surface area contributed by atoms with Gasteiger partial charge in [-0.2, -0.15) is 5.10 Å². The number of aromatic amines is 1. The molecule has 1 amide bonds. The van der Waals surface area contributed by atoms with Gasteiger partial charge in [-0.05, 0) is 47.2 Å². The average molecular weight is 356 g/mol. The fourth-order valence-electron chi connectivity index (χ4n) is 1.54. The van der Waals surface area contributed by atoms with Crippen molar-refractivity contribution in [3.05, 3.63) is 45.6 Å². The number of nitrogens with one attached hydrogen (secondary N) is 2. The highest BCUT2D eigenvalue weighted by atomic mass is 127. The maximum atomic E-state index is 11.8. The van der Waals surface area contributed by atoms with Crippen LogP contribution < -0.4 is 5.32 Å². The van der Waals surface area contributed by atoms with E-state index in [0.29, 0.717) is 12.1 Å². The molecule has 0 radical (unpaired) electrons. The number of benzene rings is 1. The van der Waals surface area contributed by atoms with Crippen LogP contribution in [0, 0.1) is 3.57 Å². The SMILES string of the molecule is O=C(NCCCc1ncn[nH]1)c1cccc(I)c1. The molecule has 0 aliphatic rings. The molecule has 1 heterocycles. The van der Waals surface area contributed by atoms with Gasteiger partial charge >= 0.3 is 0 Å². The van der Waals surface area contributed by atoms with E-state index in [1.807, 2.05) is 24.3 Å². The Morgan fingerprint density at radius 3 is 3.06 bits per heavy atom. The van der Waals surface area contributed by atoms with Crippen LogP contribution >= 0.6 is 22.6 Å². The van der Waals surface area contributed by atoms with Crippen molar-refractivity contribution in [1.29, 1.82) is 0 Å². The number of halogens is 1. The van der Waals surface area contributed by atoms with E-state index in [4.69, 9.17) is 0 Å². The first-order valence-electron chi connectivity index (χ1n) is 5.64. The Hall–Kier alpha value is -1.44. The van der Waals surface area contributed by atoms with Crippen LogP contribution in [0.25, 0.3) is 0 Å². The minimum absolute atomic E-state index is 0.0360. The molecule has 6 heteroatoms. The fourth-order valence-corrected chi connectivity index (χ4v) is 2.08. The molecule has 0 saturated carbocycles. The molecule has 1 aromatic heterocycles. The van der Waals surface area contributed by atoms with Gasteiger partial charge in [-0.25, -0.2) is 4.98 Å². The number of carbonyl (C=O) groups excluding carboxylic acids is 1. The number of nitrogens with zero attached hydrogens (tertiary/aromatic N) is 2. The van der Waals surface area contributed by atoms with E-state index in [-0.39, 0.29) is 5.91 Å². The van der Waals surface area contributed by atoms with Crippen LogP contribution in [-0.4, -0.2) is 27.6 Å². The zero-order valence-corrected chi connectivity index (χ0v) is 11.8. The first-order chi connectivity index (χ1) is 8.75. The lowest BCUT2D eigenvalue weighted by atomic mass is 10.2. The molecule has 0 unspecified atom stereocenters. The Balaban J connectivity index is 1.75. The van der Waals surface area contributed by atoms with Gasteiger partial charge in [0.2, 0.25) is 0 Å². The molecule has 5 nitrogen and oxygen atoms in total. The van der Waals surface area contributed by atoms with Crippen molar-refractivity contribution in [3.63, 3.8) is 0 Å². The van der Waals surface area contributed by atoms with Crippen molar-refractivity contribution in [2.45, 2.75) is 12.8 Å². The first kappa shape index (κ1) is 13.0. The third kappa shape index (κ3) is 3.80. The van der Waals surface area contributed by atoms with E-state index < -0.39 is 0 Å². The molecular weight excluding hydrogens is 343 g/mol. The van der Waals surface area contributed by atoms with E-state index >= 15 is 0 Å². The van der Waals surface area contributed by atoms with Gasteiger partial charge in [-0.15, -0.1) is 0 Å². The molecule has 18 heavy (non-hydrogen) atoms. The van der Waals surface area contributed by atoms with Gasteiger partial charge in [-0.3, -0.25) is 9.89 Å². The highest BCUT2D eigenvalue weighted by Gasteiger charge is 2.04. The van der Waals surface area contributed by atoms with Gasteiger partial charge in [0.15, 0.2) is 0 Å². The molecule has 0 atom stereocenters. The van der Waals surface area contributed by atoms with E-state index in [1.165, 1.54) is 6.33 Å². The number of hydrogen-bond acceptors (Lipinski definition) is 3. The standard InChI is InChI=1S/C12H13IN4O/c13-10-4-1-3-9(7-10)12(18)14-6-2-5-11-15-8-16-17-11/h1,3-4,7-8H,2,5-6H2,(H,14,18)(H,15,16,17). The Kier molecular flexibility index (Phi) is 4.68. The zero-order valence-electron chi connectivity index (χ0n) is 9.69. The summed E-state index contributed by atoms with van der Waals surface area (Å²) in [5, 5.41) is 9.44. The van der Waals surface area contributed by atoms with Crippen molar-refractivity contribution in [2.24, 2.45) is 0 Å². The molecule has 0 saturated heterocycles. The molecule has 0 bridgehead atoms. The Bertz CT molecular complexity index is 513. The number of carbonyl (C=O) groups is 1. The van der Waals surface area contributed by atoms with Crippen LogP contribution in [0.4, 0.5) is 0 Å². The molecular formula is C12H13IN4O. The van der Waals surface area contributed by atoms with Crippen molar-refractivity contribution in [2.75, 3.05) is 6.54 Å². The second kappa shape index (κ2) is 6.48. The summed E-state index contributed by atoms with van der Waals surface area (Å²) in [6, 6.07) is 7.52. The molecule has 0 spiro atoms. The minimum atomic E-state index is -0.0360. The summed E-state index contributed by atoms with van der Waals surface area (Å²) in [6.07, 6.45) is 3.11. The smallest absolute Gasteiger partial charge is 0.251 e. The predicted octanol–water partition coefficient (Wildman–Crippen LogP) is 1.77. The lowest BCUT2D eigenvalue weighted by Crippen LogP contribution is -2.24. The summed E-state index contributed by atoms with van der Waals surface area (Å²) in [4.78, 5) is 15.8. The van der Waals surface area contributed by atoms with E-state index in [1.54, 1.807) is 0 Å². The van der Waals surface area contributed by atoms with Crippen LogP contribution in [0.1, 0.15) is 22.6 Å². The number of amides is 1. The minimum Gasteiger partial charge on any atom is -0.352 e. The summed E-state index contributed by atoms with van der Waals surface area (Å²) in [5.74, 6) is 0.810. The molecule has 94 valence electrons. The van der Waals surface area contributed by atoms with Gasteiger partial charge in [0.1, 0.15) is 12.2 Å². The summed E-state index contributed by atoms with van der Waals surface area (Å²) in [6.45, 7) is 0.630. The summed E-state index contributed by atoms with van der Waals surface area (Å²) in [7, 11) is 0. The highest BCUT2D eigenvalue weighted by molar-refractivity contribution is 14.1. The molecule has 2 N–H and O–H groups in total. The molecule has 0 aliphatic heterocycles. The van der Waals surface area contributed by atoms with Gasteiger partial charge < -0.3 is 5.32 Å². The molecule has 0 fully saturated rings. The predicted molar refractivity (Wildman–Crippen MR) is 76.2 cm³/mol.